The van der Waals surface area contributed by atoms with E-state index in [1.807, 2.05) is 0 Å². The first kappa shape index (κ1) is 15.9. The molecule has 0 radical (unpaired) electrons. The second-order valence-electron chi connectivity index (χ2n) is 6.47. The summed E-state index contributed by atoms with van der Waals surface area (Å²) in [6.07, 6.45) is 3.93. The average Bonchev–Trinajstić information content (AvgIpc) is 2.34. The predicted molar refractivity (Wildman–Crippen MR) is 80.1 cm³/mol. The maximum atomic E-state index is 3.60. The Morgan fingerprint density at radius 1 is 1.17 bits per heavy atom. The molecule has 1 fully saturated rings. The Kier molecular flexibility index (Phi) is 7.20. The van der Waals surface area contributed by atoms with E-state index in [0.29, 0.717) is 6.04 Å². The van der Waals surface area contributed by atoms with Gasteiger partial charge in [-0.3, -0.25) is 4.90 Å². The van der Waals surface area contributed by atoms with Gasteiger partial charge in [0, 0.05) is 18.6 Å². The number of hydrogen-bond donors (Lipinski definition) is 1. The van der Waals surface area contributed by atoms with Crippen LogP contribution >= 0.6 is 0 Å². The molecule has 3 nitrogen and oxygen atoms in total. The monoisotopic (exact) mass is 255 g/mol. The largest absolute Gasteiger partial charge is 0.315 e. The lowest BCUT2D eigenvalue weighted by atomic mass is 10.0. The Hall–Kier alpha value is -0.120. The average molecular weight is 255 g/mol. The fourth-order valence-corrected chi connectivity index (χ4v) is 2.67. The van der Waals surface area contributed by atoms with Crippen molar-refractivity contribution in [3.05, 3.63) is 0 Å². The summed E-state index contributed by atoms with van der Waals surface area (Å²) in [6.45, 7) is 11.8. The van der Waals surface area contributed by atoms with Crippen LogP contribution in [0.5, 0.6) is 0 Å². The summed E-state index contributed by atoms with van der Waals surface area (Å²) in [6, 6.07) is 1.47. The Labute approximate surface area is 114 Å². The molecular weight excluding hydrogens is 222 g/mol. The van der Waals surface area contributed by atoms with Gasteiger partial charge < -0.3 is 10.2 Å². The van der Waals surface area contributed by atoms with Gasteiger partial charge in [-0.25, -0.2) is 0 Å². The molecule has 0 saturated carbocycles. The molecule has 0 bridgehead atoms. The van der Waals surface area contributed by atoms with Crippen LogP contribution in [0.15, 0.2) is 0 Å². The molecule has 3 heteroatoms. The van der Waals surface area contributed by atoms with Gasteiger partial charge in [0.05, 0.1) is 0 Å². The Morgan fingerprint density at radius 3 is 2.28 bits per heavy atom. The van der Waals surface area contributed by atoms with Gasteiger partial charge in [0.1, 0.15) is 0 Å². The molecule has 1 unspecified atom stereocenters. The van der Waals surface area contributed by atoms with E-state index in [4.69, 9.17) is 0 Å². The highest BCUT2D eigenvalue weighted by Gasteiger charge is 2.23. The normalized spacial score (nSPS) is 20.8. The topological polar surface area (TPSA) is 18.5 Å². The van der Waals surface area contributed by atoms with Crippen molar-refractivity contribution in [1.29, 1.82) is 0 Å². The molecule has 1 rings (SSSR count). The molecule has 0 aromatic rings. The van der Waals surface area contributed by atoms with Crippen molar-refractivity contribution in [1.82, 2.24) is 15.1 Å². The van der Waals surface area contributed by atoms with Crippen molar-refractivity contribution in [3.63, 3.8) is 0 Å². The zero-order valence-corrected chi connectivity index (χ0v) is 13.1. The van der Waals surface area contributed by atoms with Crippen LogP contribution in [0, 0.1) is 5.92 Å². The first-order chi connectivity index (χ1) is 8.50. The van der Waals surface area contributed by atoms with Gasteiger partial charge in [-0.2, -0.15) is 0 Å². The van der Waals surface area contributed by atoms with Crippen LogP contribution in [-0.4, -0.2) is 62.2 Å². The zero-order valence-electron chi connectivity index (χ0n) is 13.1. The molecule has 0 amide bonds. The van der Waals surface area contributed by atoms with Crippen LogP contribution in [0.25, 0.3) is 0 Å². The number of nitrogens with one attached hydrogen (secondary N) is 1. The van der Waals surface area contributed by atoms with E-state index in [-0.39, 0.29) is 0 Å². The molecule has 1 aliphatic rings. The lowest BCUT2D eigenvalue weighted by Crippen LogP contribution is -2.48. The van der Waals surface area contributed by atoms with E-state index in [1.165, 1.54) is 32.4 Å². The van der Waals surface area contributed by atoms with Crippen LogP contribution < -0.4 is 5.32 Å². The molecule has 1 atom stereocenters. The standard InChI is InChI=1S/C15H33N3/c1-13(2)6-9-16-12-14(3)18-10-7-15(8-11-18)17(4)5/h13-16H,6-12H2,1-5H3. The maximum absolute atomic E-state index is 3.60. The Bertz CT molecular complexity index is 208. The molecular formula is C15H33N3. The third-order valence-electron chi connectivity index (χ3n) is 4.19. The molecule has 1 aliphatic heterocycles. The summed E-state index contributed by atoms with van der Waals surface area (Å²) in [5.74, 6) is 0.809. The lowest BCUT2D eigenvalue weighted by molar-refractivity contribution is 0.114. The summed E-state index contributed by atoms with van der Waals surface area (Å²) in [4.78, 5) is 5.02. The fourth-order valence-electron chi connectivity index (χ4n) is 2.67. The molecule has 1 N–H and O–H groups in total. The summed E-state index contributed by atoms with van der Waals surface area (Å²) >= 11 is 0. The Morgan fingerprint density at radius 2 is 1.78 bits per heavy atom. The van der Waals surface area contributed by atoms with E-state index < -0.39 is 0 Å². The van der Waals surface area contributed by atoms with E-state index in [9.17, 15) is 0 Å². The second kappa shape index (κ2) is 8.13. The SMILES string of the molecule is CC(C)CCNCC(C)N1CCC(N(C)C)CC1. The van der Waals surface area contributed by atoms with Gasteiger partial charge in [0.25, 0.3) is 0 Å². The molecule has 1 saturated heterocycles. The molecule has 0 aliphatic carbocycles. The number of nitrogens with zero attached hydrogens (tertiary/aromatic N) is 2. The molecule has 0 spiro atoms. The molecule has 18 heavy (non-hydrogen) atoms. The summed E-state index contributed by atoms with van der Waals surface area (Å²) in [5.41, 5.74) is 0. The molecule has 0 aromatic heterocycles. The van der Waals surface area contributed by atoms with Crippen LogP contribution in [0.3, 0.4) is 0 Å². The first-order valence-electron chi connectivity index (χ1n) is 7.62. The summed E-state index contributed by atoms with van der Waals surface area (Å²) in [7, 11) is 4.41. The highest BCUT2D eigenvalue weighted by molar-refractivity contribution is 4.80. The highest BCUT2D eigenvalue weighted by Crippen LogP contribution is 2.16. The van der Waals surface area contributed by atoms with E-state index >= 15 is 0 Å². The van der Waals surface area contributed by atoms with Crippen molar-refractivity contribution < 1.29 is 0 Å². The second-order valence-corrected chi connectivity index (χ2v) is 6.47. The van der Waals surface area contributed by atoms with Crippen LogP contribution in [-0.2, 0) is 0 Å². The number of hydrogen-bond acceptors (Lipinski definition) is 3. The van der Waals surface area contributed by atoms with Gasteiger partial charge in [-0.1, -0.05) is 13.8 Å². The summed E-state index contributed by atoms with van der Waals surface area (Å²) < 4.78 is 0. The maximum Gasteiger partial charge on any atom is 0.0192 e. The quantitative estimate of drug-likeness (QED) is 0.702. The molecule has 108 valence electrons. The van der Waals surface area contributed by atoms with E-state index in [1.54, 1.807) is 0 Å². The predicted octanol–water partition coefficient (Wildman–Crippen LogP) is 2.04. The van der Waals surface area contributed by atoms with Gasteiger partial charge in [0.2, 0.25) is 0 Å². The van der Waals surface area contributed by atoms with Crippen LogP contribution in [0.1, 0.15) is 40.0 Å². The van der Waals surface area contributed by atoms with E-state index in [0.717, 1.165) is 25.0 Å². The smallest absolute Gasteiger partial charge is 0.0192 e. The lowest BCUT2D eigenvalue weighted by Gasteiger charge is -2.38. The van der Waals surface area contributed by atoms with E-state index in [2.05, 4.69) is 50.0 Å². The molecule has 0 aromatic carbocycles. The van der Waals surface area contributed by atoms with Crippen LogP contribution in [0.2, 0.25) is 0 Å². The highest BCUT2D eigenvalue weighted by atomic mass is 15.2. The third-order valence-corrected chi connectivity index (χ3v) is 4.19. The molecule has 1 heterocycles. The number of likely N-dealkylation sites (tertiary alicyclic amines) is 1. The van der Waals surface area contributed by atoms with Crippen molar-refractivity contribution in [2.75, 3.05) is 40.3 Å². The van der Waals surface area contributed by atoms with Gasteiger partial charge in [-0.15, -0.1) is 0 Å². The van der Waals surface area contributed by atoms with Crippen LogP contribution in [0.4, 0.5) is 0 Å². The van der Waals surface area contributed by atoms with Gasteiger partial charge in [-0.05, 0) is 65.8 Å². The van der Waals surface area contributed by atoms with Gasteiger partial charge in [0.15, 0.2) is 0 Å². The van der Waals surface area contributed by atoms with Gasteiger partial charge >= 0.3 is 0 Å². The first-order valence-corrected chi connectivity index (χ1v) is 7.62. The number of rotatable bonds is 7. The summed E-state index contributed by atoms with van der Waals surface area (Å²) in [5, 5.41) is 3.60. The van der Waals surface area contributed by atoms with Crippen molar-refractivity contribution >= 4 is 0 Å². The van der Waals surface area contributed by atoms with Crippen molar-refractivity contribution in [2.45, 2.75) is 52.1 Å². The fraction of sp³-hybridized carbons (Fsp3) is 1.00. The van der Waals surface area contributed by atoms with Crippen molar-refractivity contribution in [3.8, 4) is 0 Å². The number of piperidine rings is 1. The third kappa shape index (κ3) is 5.68. The zero-order chi connectivity index (χ0) is 13.5. The minimum absolute atomic E-state index is 0.681. The van der Waals surface area contributed by atoms with Crippen molar-refractivity contribution in [2.24, 2.45) is 5.92 Å². The minimum Gasteiger partial charge on any atom is -0.315 e. The Balaban J connectivity index is 2.14. The minimum atomic E-state index is 0.681.